The van der Waals surface area contributed by atoms with Crippen molar-refractivity contribution in [3.8, 4) is 11.5 Å². The summed E-state index contributed by atoms with van der Waals surface area (Å²) < 4.78 is 10.4. The van der Waals surface area contributed by atoms with Crippen molar-refractivity contribution >= 4 is 0 Å². The lowest BCUT2D eigenvalue weighted by Gasteiger charge is -2.12. The van der Waals surface area contributed by atoms with Crippen LogP contribution in [0.5, 0.6) is 11.5 Å². The molecule has 1 aromatic carbocycles. The van der Waals surface area contributed by atoms with Crippen molar-refractivity contribution in [2.75, 3.05) is 21.3 Å². The van der Waals surface area contributed by atoms with E-state index in [2.05, 4.69) is 5.73 Å². The van der Waals surface area contributed by atoms with Crippen LogP contribution in [0.3, 0.4) is 0 Å². The van der Waals surface area contributed by atoms with Crippen LogP contribution in [0.25, 0.3) is 0 Å². The second kappa shape index (κ2) is 6.27. The third-order valence-electron chi connectivity index (χ3n) is 1.91. The van der Waals surface area contributed by atoms with Crippen molar-refractivity contribution < 1.29 is 9.47 Å². The maximum atomic E-state index is 5.22. The van der Waals surface area contributed by atoms with Crippen molar-refractivity contribution in [3.63, 3.8) is 0 Å². The third kappa shape index (κ3) is 2.64. The number of methoxy groups -OCH3 is 2. The van der Waals surface area contributed by atoms with E-state index >= 15 is 0 Å². The molecule has 0 atom stereocenters. The normalized spacial score (nSPS) is 8.71. The molecule has 3 heteroatoms. The number of nitrogens with two attached hydrogens (primary N) is 1. The Labute approximate surface area is 85.8 Å². The second-order valence-electron chi connectivity index (χ2n) is 2.77. The van der Waals surface area contributed by atoms with Gasteiger partial charge in [-0.25, -0.2) is 0 Å². The smallest absolute Gasteiger partial charge is 0.163 e. The number of hydrogen-bond acceptors (Lipinski definition) is 3. The van der Waals surface area contributed by atoms with Gasteiger partial charge in [0.25, 0.3) is 0 Å². The number of ether oxygens (including phenoxy) is 2. The van der Waals surface area contributed by atoms with E-state index in [1.54, 1.807) is 14.2 Å². The highest BCUT2D eigenvalue weighted by molar-refractivity contribution is 5.50. The molecule has 3 nitrogen and oxygen atoms in total. The van der Waals surface area contributed by atoms with Crippen LogP contribution in [0.2, 0.25) is 0 Å². The molecule has 0 aliphatic carbocycles. The SMILES string of the molecule is CN.COc1c(C)ccc(C)c1OC. The van der Waals surface area contributed by atoms with Gasteiger partial charge in [0.15, 0.2) is 11.5 Å². The second-order valence-corrected chi connectivity index (χ2v) is 2.77. The summed E-state index contributed by atoms with van der Waals surface area (Å²) in [7, 11) is 4.81. The predicted molar refractivity (Wildman–Crippen MR) is 59.1 cm³/mol. The van der Waals surface area contributed by atoms with Gasteiger partial charge in [0.1, 0.15) is 0 Å². The van der Waals surface area contributed by atoms with Gasteiger partial charge in [-0.1, -0.05) is 12.1 Å². The first-order valence-corrected chi connectivity index (χ1v) is 4.46. The van der Waals surface area contributed by atoms with Crippen LogP contribution in [0.1, 0.15) is 11.1 Å². The molecule has 2 N–H and O–H groups in total. The Morgan fingerprint density at radius 3 is 1.36 bits per heavy atom. The molecule has 14 heavy (non-hydrogen) atoms. The standard InChI is InChI=1S/C10H14O2.CH5N/c1-7-5-6-8(2)10(12-4)9(7)11-3;1-2/h5-6H,1-4H3;2H2,1H3. The van der Waals surface area contributed by atoms with Crippen molar-refractivity contribution in [2.24, 2.45) is 5.73 Å². The highest BCUT2D eigenvalue weighted by Crippen LogP contribution is 2.33. The zero-order valence-corrected chi connectivity index (χ0v) is 9.55. The molecule has 0 saturated carbocycles. The van der Waals surface area contributed by atoms with Gasteiger partial charge < -0.3 is 15.2 Å². The zero-order valence-electron chi connectivity index (χ0n) is 9.55. The molecule has 0 saturated heterocycles. The number of benzene rings is 1. The van der Waals surface area contributed by atoms with E-state index in [0.29, 0.717) is 0 Å². The van der Waals surface area contributed by atoms with Crippen LogP contribution in [-0.4, -0.2) is 21.3 Å². The summed E-state index contributed by atoms with van der Waals surface area (Å²) in [6.45, 7) is 4.00. The van der Waals surface area contributed by atoms with E-state index in [9.17, 15) is 0 Å². The third-order valence-corrected chi connectivity index (χ3v) is 1.91. The van der Waals surface area contributed by atoms with Crippen LogP contribution in [0.15, 0.2) is 12.1 Å². The molecule has 0 radical (unpaired) electrons. The molecule has 0 spiro atoms. The Bertz CT molecular complexity index is 256. The summed E-state index contributed by atoms with van der Waals surface area (Å²) in [6, 6.07) is 4.05. The van der Waals surface area contributed by atoms with Crippen LogP contribution in [0, 0.1) is 13.8 Å². The summed E-state index contributed by atoms with van der Waals surface area (Å²) >= 11 is 0. The summed E-state index contributed by atoms with van der Waals surface area (Å²) in [5, 5.41) is 0. The molecule has 1 aromatic rings. The first kappa shape index (κ1) is 12.8. The summed E-state index contributed by atoms with van der Waals surface area (Å²) in [6.07, 6.45) is 0. The Morgan fingerprint density at radius 1 is 0.857 bits per heavy atom. The Balaban J connectivity index is 0.000000791. The van der Waals surface area contributed by atoms with Crippen LogP contribution in [-0.2, 0) is 0 Å². The predicted octanol–water partition coefficient (Wildman–Crippen LogP) is 1.90. The highest BCUT2D eigenvalue weighted by Gasteiger charge is 2.08. The maximum Gasteiger partial charge on any atom is 0.163 e. The topological polar surface area (TPSA) is 44.5 Å². The van der Waals surface area contributed by atoms with E-state index in [-0.39, 0.29) is 0 Å². The van der Waals surface area contributed by atoms with Gasteiger partial charge in [-0.3, -0.25) is 0 Å². The van der Waals surface area contributed by atoms with Gasteiger partial charge in [-0.15, -0.1) is 0 Å². The van der Waals surface area contributed by atoms with Crippen molar-refractivity contribution in [2.45, 2.75) is 13.8 Å². The highest BCUT2D eigenvalue weighted by atomic mass is 16.5. The Morgan fingerprint density at radius 2 is 1.14 bits per heavy atom. The first-order valence-electron chi connectivity index (χ1n) is 4.46. The number of rotatable bonds is 2. The van der Waals surface area contributed by atoms with E-state index in [4.69, 9.17) is 9.47 Å². The molecule has 0 aromatic heterocycles. The van der Waals surface area contributed by atoms with Gasteiger partial charge >= 0.3 is 0 Å². The molecule has 1 rings (SSSR count). The number of aryl methyl sites for hydroxylation is 2. The Kier molecular flexibility index (Phi) is 5.72. The molecular formula is C11H19NO2. The van der Waals surface area contributed by atoms with Gasteiger partial charge in [-0.2, -0.15) is 0 Å². The fraction of sp³-hybridized carbons (Fsp3) is 0.455. The number of hydrogen-bond donors (Lipinski definition) is 1. The summed E-state index contributed by atoms with van der Waals surface area (Å²) in [4.78, 5) is 0. The van der Waals surface area contributed by atoms with Crippen molar-refractivity contribution in [1.82, 2.24) is 0 Å². The maximum absolute atomic E-state index is 5.22. The minimum atomic E-state index is 0.831. The summed E-state index contributed by atoms with van der Waals surface area (Å²) in [5.41, 5.74) is 6.69. The monoisotopic (exact) mass is 197 g/mol. The van der Waals surface area contributed by atoms with E-state index < -0.39 is 0 Å². The lowest BCUT2D eigenvalue weighted by Crippen LogP contribution is -1.94. The van der Waals surface area contributed by atoms with Gasteiger partial charge in [0.2, 0.25) is 0 Å². The van der Waals surface area contributed by atoms with Crippen molar-refractivity contribution in [1.29, 1.82) is 0 Å². The molecule has 0 heterocycles. The van der Waals surface area contributed by atoms with Crippen LogP contribution < -0.4 is 15.2 Å². The average Bonchev–Trinajstić information content (AvgIpc) is 2.24. The van der Waals surface area contributed by atoms with Gasteiger partial charge in [0.05, 0.1) is 14.2 Å². The first-order chi connectivity index (χ1) is 6.70. The quantitative estimate of drug-likeness (QED) is 0.787. The molecular weight excluding hydrogens is 178 g/mol. The molecule has 0 unspecified atom stereocenters. The molecule has 0 fully saturated rings. The molecule has 0 aliphatic rings. The summed E-state index contributed by atoms with van der Waals surface area (Å²) in [5.74, 6) is 1.66. The Hall–Kier alpha value is -1.22. The van der Waals surface area contributed by atoms with Crippen LogP contribution >= 0.6 is 0 Å². The van der Waals surface area contributed by atoms with E-state index in [1.807, 2.05) is 26.0 Å². The average molecular weight is 197 g/mol. The van der Waals surface area contributed by atoms with E-state index in [0.717, 1.165) is 22.6 Å². The fourth-order valence-corrected chi connectivity index (χ4v) is 1.27. The molecule has 0 aliphatic heterocycles. The lowest BCUT2D eigenvalue weighted by atomic mass is 10.1. The molecule has 80 valence electrons. The van der Waals surface area contributed by atoms with Gasteiger partial charge in [-0.05, 0) is 32.0 Å². The molecule has 0 bridgehead atoms. The minimum Gasteiger partial charge on any atom is -0.493 e. The van der Waals surface area contributed by atoms with E-state index in [1.165, 1.54) is 7.05 Å². The van der Waals surface area contributed by atoms with Gasteiger partial charge in [0, 0.05) is 0 Å². The fourth-order valence-electron chi connectivity index (χ4n) is 1.27. The lowest BCUT2D eigenvalue weighted by molar-refractivity contribution is 0.351. The largest absolute Gasteiger partial charge is 0.493 e. The van der Waals surface area contributed by atoms with Crippen LogP contribution in [0.4, 0.5) is 0 Å². The zero-order chi connectivity index (χ0) is 11.1. The minimum absolute atomic E-state index is 0.831. The van der Waals surface area contributed by atoms with Crippen molar-refractivity contribution in [3.05, 3.63) is 23.3 Å². The molecule has 0 amide bonds.